The van der Waals surface area contributed by atoms with E-state index in [9.17, 15) is 14.5 Å². The highest BCUT2D eigenvalue weighted by molar-refractivity contribution is 5.37. The van der Waals surface area contributed by atoms with E-state index in [-0.39, 0.29) is 18.2 Å². The molecule has 2 aromatic rings. The second kappa shape index (κ2) is 6.45. The number of benzene rings is 1. The SMILES string of the molecule is CCC(N)Cc1nccn1Cc1cccc([N+](=O)[O-])c1F. The molecule has 0 radical (unpaired) electrons. The second-order valence-electron chi connectivity index (χ2n) is 4.85. The van der Waals surface area contributed by atoms with Crippen LogP contribution in [0.15, 0.2) is 30.6 Å². The van der Waals surface area contributed by atoms with Crippen LogP contribution in [0.3, 0.4) is 0 Å². The molecule has 0 aliphatic rings. The van der Waals surface area contributed by atoms with Gasteiger partial charge in [0.15, 0.2) is 0 Å². The van der Waals surface area contributed by atoms with Gasteiger partial charge in [0.05, 0.1) is 11.5 Å². The van der Waals surface area contributed by atoms with Gasteiger partial charge in [-0.25, -0.2) is 4.98 Å². The van der Waals surface area contributed by atoms with Gasteiger partial charge in [0.1, 0.15) is 5.82 Å². The van der Waals surface area contributed by atoms with Gasteiger partial charge in [0.2, 0.25) is 5.82 Å². The minimum atomic E-state index is -0.804. The Labute approximate surface area is 121 Å². The van der Waals surface area contributed by atoms with E-state index in [4.69, 9.17) is 5.73 Å². The van der Waals surface area contributed by atoms with Crippen LogP contribution in [0.4, 0.5) is 10.1 Å². The van der Waals surface area contributed by atoms with Crippen molar-refractivity contribution < 1.29 is 9.31 Å². The molecule has 1 atom stereocenters. The standard InChI is InChI=1S/C14H17FN4O2/c1-2-11(16)8-13-17-6-7-18(13)9-10-4-3-5-12(14(10)15)19(20)21/h3-7,11H,2,8-9,16H2,1H3. The largest absolute Gasteiger partial charge is 0.330 e. The fourth-order valence-corrected chi connectivity index (χ4v) is 2.07. The first kappa shape index (κ1) is 15.1. The molecule has 0 fully saturated rings. The number of rotatable bonds is 6. The molecule has 7 heteroatoms. The lowest BCUT2D eigenvalue weighted by Gasteiger charge is -2.12. The monoisotopic (exact) mass is 292 g/mol. The molecule has 1 unspecified atom stereocenters. The fourth-order valence-electron chi connectivity index (χ4n) is 2.07. The number of nitro groups is 1. The van der Waals surface area contributed by atoms with Crippen LogP contribution in [-0.2, 0) is 13.0 Å². The number of hydrogen-bond donors (Lipinski definition) is 1. The van der Waals surface area contributed by atoms with Gasteiger partial charge in [0, 0.05) is 36.5 Å². The van der Waals surface area contributed by atoms with Crippen molar-refractivity contribution in [2.45, 2.75) is 32.4 Å². The highest BCUT2D eigenvalue weighted by Crippen LogP contribution is 2.21. The van der Waals surface area contributed by atoms with Crippen LogP contribution in [0.1, 0.15) is 24.7 Å². The van der Waals surface area contributed by atoms with E-state index in [0.717, 1.165) is 18.3 Å². The van der Waals surface area contributed by atoms with Crippen molar-refractivity contribution in [3.05, 3.63) is 57.9 Å². The number of hydrogen-bond acceptors (Lipinski definition) is 4. The summed E-state index contributed by atoms with van der Waals surface area (Å²) in [7, 11) is 0. The van der Waals surface area contributed by atoms with Crippen molar-refractivity contribution in [3.8, 4) is 0 Å². The normalized spacial score (nSPS) is 12.3. The molecular weight excluding hydrogens is 275 g/mol. The number of aromatic nitrogens is 2. The number of nitro benzene ring substituents is 1. The quantitative estimate of drug-likeness (QED) is 0.653. The van der Waals surface area contributed by atoms with E-state index in [1.54, 1.807) is 17.0 Å². The van der Waals surface area contributed by atoms with Crippen molar-refractivity contribution in [2.24, 2.45) is 5.73 Å². The lowest BCUT2D eigenvalue weighted by Crippen LogP contribution is -2.23. The first-order chi connectivity index (χ1) is 10.0. The second-order valence-corrected chi connectivity index (χ2v) is 4.85. The molecule has 6 nitrogen and oxygen atoms in total. The molecule has 1 aromatic carbocycles. The maximum Gasteiger partial charge on any atom is 0.305 e. The highest BCUT2D eigenvalue weighted by Gasteiger charge is 2.18. The Morgan fingerprint density at radius 2 is 2.29 bits per heavy atom. The lowest BCUT2D eigenvalue weighted by atomic mass is 10.1. The minimum Gasteiger partial charge on any atom is -0.330 e. The minimum absolute atomic E-state index is 0.0129. The summed E-state index contributed by atoms with van der Waals surface area (Å²) in [4.78, 5) is 14.3. The van der Waals surface area contributed by atoms with Crippen LogP contribution >= 0.6 is 0 Å². The average molecular weight is 292 g/mol. The molecule has 0 bridgehead atoms. The first-order valence-corrected chi connectivity index (χ1v) is 6.70. The summed E-state index contributed by atoms with van der Waals surface area (Å²) in [6, 6.07) is 4.15. The van der Waals surface area contributed by atoms with Crippen LogP contribution in [-0.4, -0.2) is 20.5 Å². The Bertz CT molecular complexity index is 642. The summed E-state index contributed by atoms with van der Waals surface area (Å²) >= 11 is 0. The summed E-state index contributed by atoms with van der Waals surface area (Å²) in [5.74, 6) is -0.0582. The molecule has 0 amide bonds. The Morgan fingerprint density at radius 3 is 2.95 bits per heavy atom. The fraction of sp³-hybridized carbons (Fsp3) is 0.357. The molecule has 1 heterocycles. The van der Waals surface area contributed by atoms with Gasteiger partial charge < -0.3 is 10.3 Å². The smallest absolute Gasteiger partial charge is 0.305 e. The zero-order chi connectivity index (χ0) is 15.4. The molecule has 0 aliphatic carbocycles. The van der Waals surface area contributed by atoms with E-state index < -0.39 is 16.4 Å². The van der Waals surface area contributed by atoms with Gasteiger partial charge in [-0.2, -0.15) is 4.39 Å². The van der Waals surface area contributed by atoms with E-state index in [1.165, 1.54) is 12.1 Å². The summed E-state index contributed by atoms with van der Waals surface area (Å²) in [5, 5.41) is 10.8. The first-order valence-electron chi connectivity index (χ1n) is 6.70. The van der Waals surface area contributed by atoms with Gasteiger partial charge >= 0.3 is 5.69 Å². The Balaban J connectivity index is 2.25. The molecule has 1 aromatic heterocycles. The number of nitrogens with two attached hydrogens (primary N) is 1. The molecule has 0 saturated heterocycles. The molecule has 0 aliphatic heterocycles. The molecule has 21 heavy (non-hydrogen) atoms. The molecule has 2 rings (SSSR count). The van der Waals surface area contributed by atoms with E-state index in [2.05, 4.69) is 4.98 Å². The predicted octanol–water partition coefficient (Wildman–Crippen LogP) is 2.26. The maximum atomic E-state index is 14.1. The zero-order valence-corrected chi connectivity index (χ0v) is 11.7. The van der Waals surface area contributed by atoms with Crippen LogP contribution in [0.5, 0.6) is 0 Å². The van der Waals surface area contributed by atoms with Crippen LogP contribution in [0.2, 0.25) is 0 Å². The van der Waals surface area contributed by atoms with Crippen molar-refractivity contribution >= 4 is 5.69 Å². The van der Waals surface area contributed by atoms with Gasteiger partial charge in [-0.15, -0.1) is 0 Å². The van der Waals surface area contributed by atoms with Crippen molar-refractivity contribution in [2.75, 3.05) is 0 Å². The third-order valence-electron chi connectivity index (χ3n) is 3.37. The Morgan fingerprint density at radius 1 is 1.52 bits per heavy atom. The maximum absolute atomic E-state index is 14.1. The topological polar surface area (TPSA) is 87.0 Å². The number of halogens is 1. The zero-order valence-electron chi connectivity index (χ0n) is 11.7. The van der Waals surface area contributed by atoms with Crippen LogP contribution in [0.25, 0.3) is 0 Å². The molecule has 0 saturated carbocycles. The van der Waals surface area contributed by atoms with Gasteiger partial charge in [-0.3, -0.25) is 10.1 Å². The molecule has 0 spiro atoms. The lowest BCUT2D eigenvalue weighted by molar-refractivity contribution is -0.387. The van der Waals surface area contributed by atoms with Crippen molar-refractivity contribution in [3.63, 3.8) is 0 Å². The summed E-state index contributed by atoms with van der Waals surface area (Å²) in [5.41, 5.74) is 5.65. The summed E-state index contributed by atoms with van der Waals surface area (Å²) < 4.78 is 15.8. The van der Waals surface area contributed by atoms with E-state index >= 15 is 0 Å². The van der Waals surface area contributed by atoms with Crippen LogP contribution in [0, 0.1) is 15.9 Å². The molecule has 112 valence electrons. The van der Waals surface area contributed by atoms with Gasteiger partial charge in [-0.05, 0) is 6.42 Å². The highest BCUT2D eigenvalue weighted by atomic mass is 19.1. The van der Waals surface area contributed by atoms with Gasteiger partial charge in [-0.1, -0.05) is 19.1 Å². The van der Waals surface area contributed by atoms with E-state index in [0.29, 0.717) is 6.42 Å². The Hall–Kier alpha value is -2.28. The van der Waals surface area contributed by atoms with Crippen molar-refractivity contribution in [1.29, 1.82) is 0 Å². The molecular formula is C14H17FN4O2. The third kappa shape index (κ3) is 3.43. The van der Waals surface area contributed by atoms with Crippen LogP contribution < -0.4 is 5.73 Å². The number of nitrogens with zero attached hydrogens (tertiary/aromatic N) is 3. The number of imidazole rings is 1. The summed E-state index contributed by atoms with van der Waals surface area (Å²) in [6.45, 7) is 2.18. The van der Waals surface area contributed by atoms with E-state index in [1.807, 2.05) is 6.92 Å². The van der Waals surface area contributed by atoms with Gasteiger partial charge in [0.25, 0.3) is 0 Å². The third-order valence-corrected chi connectivity index (χ3v) is 3.37. The summed E-state index contributed by atoms with van der Waals surface area (Å²) in [6.07, 6.45) is 4.74. The Kier molecular flexibility index (Phi) is 4.64. The van der Waals surface area contributed by atoms with Crippen molar-refractivity contribution in [1.82, 2.24) is 9.55 Å². The molecule has 2 N–H and O–H groups in total. The predicted molar refractivity (Wildman–Crippen MR) is 76.4 cm³/mol. The average Bonchev–Trinajstić information content (AvgIpc) is 2.87.